The van der Waals surface area contributed by atoms with Gasteiger partial charge in [-0.15, -0.1) is 0 Å². The Hall–Kier alpha value is -3.07. The van der Waals surface area contributed by atoms with Crippen molar-refractivity contribution in [2.45, 2.75) is 48.7 Å². The first kappa shape index (κ1) is 28.0. The van der Waals surface area contributed by atoms with Gasteiger partial charge in [0.1, 0.15) is 47.3 Å². The fraction of sp³-hybridized carbons (Fsp3) is 0.385. The van der Waals surface area contributed by atoms with Crippen molar-refractivity contribution < 1.29 is 59.5 Å². The van der Waals surface area contributed by atoms with E-state index in [1.165, 1.54) is 36.4 Å². The molecule has 1 radical (unpaired) electrons. The Morgan fingerprint density at radius 3 is 2.39 bits per heavy atom. The number of ketones is 1. The molecular formula is C26H29O12. The van der Waals surface area contributed by atoms with Crippen molar-refractivity contribution >= 4 is 11.9 Å². The van der Waals surface area contributed by atoms with E-state index in [9.17, 15) is 40.5 Å². The minimum absolute atomic E-state index is 0.0207. The van der Waals surface area contributed by atoms with E-state index in [-0.39, 0.29) is 29.4 Å². The van der Waals surface area contributed by atoms with Gasteiger partial charge >= 0.3 is 0 Å². The predicted molar refractivity (Wildman–Crippen MR) is 129 cm³/mol. The van der Waals surface area contributed by atoms with Crippen LogP contribution in [0.4, 0.5) is 0 Å². The summed E-state index contributed by atoms with van der Waals surface area (Å²) >= 11 is 0. The number of hydrogen-bond acceptors (Lipinski definition) is 12. The molecule has 38 heavy (non-hydrogen) atoms. The van der Waals surface area contributed by atoms with Gasteiger partial charge < -0.3 is 54.7 Å². The monoisotopic (exact) mass is 533 g/mol. The summed E-state index contributed by atoms with van der Waals surface area (Å²) in [6.45, 7) is 2.48. The highest BCUT2D eigenvalue weighted by atomic mass is 16.8. The summed E-state index contributed by atoms with van der Waals surface area (Å²) in [6.07, 6.45) is -7.30. The maximum Gasteiger partial charge on any atom is 0.229 e. The smallest absolute Gasteiger partial charge is 0.229 e. The lowest BCUT2D eigenvalue weighted by Crippen LogP contribution is -2.62. The fourth-order valence-electron chi connectivity index (χ4n) is 4.00. The highest BCUT2D eigenvalue weighted by molar-refractivity contribution is 6.08. The SMILES string of the molecule is [CH2][C@]1(O)CO[C@@H](O[C@H]2[C@H](Oc3ccc(/C=C/C(=O)c4ccc(O)cc4O)cc3)O[C@H](CO)[C@@H](O)[C@@H]2O)[C@@H]1O. The molecule has 2 saturated heterocycles. The molecule has 0 saturated carbocycles. The van der Waals surface area contributed by atoms with Gasteiger partial charge in [0.05, 0.1) is 18.8 Å². The summed E-state index contributed by atoms with van der Waals surface area (Å²) in [7, 11) is 0. The third kappa shape index (κ3) is 5.98. The molecule has 4 rings (SSSR count). The summed E-state index contributed by atoms with van der Waals surface area (Å²) in [5, 5.41) is 69.9. The number of phenols is 2. The van der Waals surface area contributed by atoms with Crippen molar-refractivity contribution in [2.75, 3.05) is 13.2 Å². The molecule has 0 spiro atoms. The molecule has 205 valence electrons. The molecule has 0 bridgehead atoms. The molecule has 2 heterocycles. The molecule has 7 N–H and O–H groups in total. The number of carbonyl (C=O) groups is 1. The molecular weight excluding hydrogens is 504 g/mol. The Balaban J connectivity index is 1.46. The molecule has 2 aliphatic rings. The van der Waals surface area contributed by atoms with Gasteiger partial charge in [0, 0.05) is 6.07 Å². The Morgan fingerprint density at radius 2 is 1.79 bits per heavy atom. The first-order chi connectivity index (χ1) is 18.0. The van der Waals surface area contributed by atoms with Gasteiger partial charge in [-0.25, -0.2) is 0 Å². The zero-order valence-corrected chi connectivity index (χ0v) is 20.0. The average Bonchev–Trinajstić information content (AvgIpc) is 3.14. The zero-order valence-electron chi connectivity index (χ0n) is 20.0. The third-order valence-corrected chi connectivity index (χ3v) is 6.23. The van der Waals surface area contributed by atoms with E-state index in [1.54, 1.807) is 12.1 Å². The minimum Gasteiger partial charge on any atom is -0.508 e. The number of rotatable bonds is 8. The number of phenolic OH excluding ortho intramolecular Hbond substituents is 2. The van der Waals surface area contributed by atoms with Gasteiger partial charge in [0.25, 0.3) is 0 Å². The molecule has 12 nitrogen and oxygen atoms in total. The summed E-state index contributed by atoms with van der Waals surface area (Å²) in [6, 6.07) is 9.93. The van der Waals surface area contributed by atoms with E-state index in [0.717, 1.165) is 6.07 Å². The van der Waals surface area contributed by atoms with E-state index < -0.39 is 61.1 Å². The molecule has 0 aliphatic carbocycles. The molecule has 2 aromatic carbocycles. The van der Waals surface area contributed by atoms with Crippen molar-refractivity contribution in [1.82, 2.24) is 0 Å². The molecule has 0 amide bonds. The van der Waals surface area contributed by atoms with Crippen molar-refractivity contribution in [2.24, 2.45) is 0 Å². The summed E-state index contributed by atoms with van der Waals surface area (Å²) in [5.41, 5.74) is -1.21. The Morgan fingerprint density at radius 1 is 1.08 bits per heavy atom. The van der Waals surface area contributed by atoms with Crippen LogP contribution < -0.4 is 4.74 Å². The van der Waals surface area contributed by atoms with Crippen LogP contribution in [-0.2, 0) is 14.2 Å². The Bertz CT molecular complexity index is 1150. The van der Waals surface area contributed by atoms with Gasteiger partial charge in [-0.1, -0.05) is 18.2 Å². The predicted octanol–water partition coefficient (Wildman–Crippen LogP) is -0.521. The molecule has 0 aromatic heterocycles. The van der Waals surface area contributed by atoms with Gasteiger partial charge in [-0.05, 0) is 42.8 Å². The van der Waals surface area contributed by atoms with Crippen LogP contribution in [0.25, 0.3) is 6.08 Å². The van der Waals surface area contributed by atoms with Crippen LogP contribution in [-0.4, -0.2) is 103 Å². The summed E-state index contributed by atoms with van der Waals surface area (Å²) < 4.78 is 22.2. The second kappa shape index (κ2) is 11.4. The number of hydrogen-bond donors (Lipinski definition) is 7. The highest BCUT2D eigenvalue weighted by Gasteiger charge is 2.52. The second-order valence-corrected chi connectivity index (χ2v) is 9.12. The lowest BCUT2D eigenvalue weighted by molar-refractivity contribution is -0.318. The standard InChI is InChI=1S/C26H29O12/c1-26(34)12-35-25(23(26)33)38-22-21(32)20(31)19(11-27)37-24(22)36-15-6-2-13(3-7-15)4-9-17(29)16-8-5-14(28)10-18(16)30/h2-10,19-25,27-28,30-34H,1,11-12H2/b9-4+/t19-,20-,21+,22-,23+,24-,25+,26+/m1/s1. The Labute approximate surface area is 217 Å². The molecule has 2 aliphatic heterocycles. The maximum absolute atomic E-state index is 12.3. The molecule has 12 heteroatoms. The van der Waals surface area contributed by atoms with E-state index in [1.807, 2.05) is 0 Å². The zero-order chi connectivity index (χ0) is 27.6. The first-order valence-corrected chi connectivity index (χ1v) is 11.7. The Kier molecular flexibility index (Phi) is 8.35. The van der Waals surface area contributed by atoms with Gasteiger partial charge in [0.2, 0.25) is 6.29 Å². The van der Waals surface area contributed by atoms with Crippen LogP contribution >= 0.6 is 0 Å². The quantitative estimate of drug-likeness (QED) is 0.170. The van der Waals surface area contributed by atoms with Crippen molar-refractivity contribution in [3.8, 4) is 17.2 Å². The van der Waals surface area contributed by atoms with Crippen molar-refractivity contribution in [3.05, 3.63) is 66.6 Å². The first-order valence-electron chi connectivity index (χ1n) is 11.7. The summed E-state index contributed by atoms with van der Waals surface area (Å²) in [4.78, 5) is 12.3. The van der Waals surface area contributed by atoms with Crippen molar-refractivity contribution in [1.29, 1.82) is 0 Å². The van der Waals surface area contributed by atoms with E-state index in [4.69, 9.17) is 18.9 Å². The van der Waals surface area contributed by atoms with Crippen LogP contribution in [0.5, 0.6) is 17.2 Å². The van der Waals surface area contributed by atoms with E-state index in [0.29, 0.717) is 5.56 Å². The average molecular weight is 534 g/mol. The molecule has 2 fully saturated rings. The number of aromatic hydroxyl groups is 2. The lowest BCUT2D eigenvalue weighted by atomic mass is 9.98. The fourth-order valence-corrected chi connectivity index (χ4v) is 4.00. The van der Waals surface area contributed by atoms with Crippen LogP contribution in [0.3, 0.4) is 0 Å². The topological polar surface area (TPSA) is 196 Å². The number of allylic oxidation sites excluding steroid dienone is 1. The number of benzene rings is 2. The third-order valence-electron chi connectivity index (χ3n) is 6.23. The molecule has 2 aromatic rings. The molecule has 0 unspecified atom stereocenters. The number of ether oxygens (including phenoxy) is 4. The van der Waals surface area contributed by atoms with Crippen LogP contribution in [0.15, 0.2) is 48.5 Å². The van der Waals surface area contributed by atoms with E-state index in [2.05, 4.69) is 6.92 Å². The van der Waals surface area contributed by atoms with Crippen LogP contribution in [0.1, 0.15) is 15.9 Å². The van der Waals surface area contributed by atoms with Crippen LogP contribution in [0.2, 0.25) is 0 Å². The minimum atomic E-state index is -1.83. The summed E-state index contributed by atoms with van der Waals surface area (Å²) in [5.74, 6) is -0.760. The number of aliphatic hydroxyl groups is 5. The van der Waals surface area contributed by atoms with Gasteiger partial charge in [0.15, 0.2) is 18.2 Å². The second-order valence-electron chi connectivity index (χ2n) is 9.12. The number of carbonyl (C=O) groups excluding carboxylic acids is 1. The maximum atomic E-state index is 12.3. The van der Waals surface area contributed by atoms with Crippen molar-refractivity contribution in [3.63, 3.8) is 0 Å². The number of aliphatic hydroxyl groups excluding tert-OH is 4. The van der Waals surface area contributed by atoms with Gasteiger partial charge in [-0.3, -0.25) is 4.79 Å². The highest BCUT2D eigenvalue weighted by Crippen LogP contribution is 2.32. The largest absolute Gasteiger partial charge is 0.508 e. The molecule has 8 atom stereocenters. The van der Waals surface area contributed by atoms with E-state index >= 15 is 0 Å². The van der Waals surface area contributed by atoms with Crippen LogP contribution in [0, 0.1) is 6.92 Å². The lowest BCUT2D eigenvalue weighted by Gasteiger charge is -2.42. The normalized spacial score (nSPS) is 33.5. The van der Waals surface area contributed by atoms with Gasteiger partial charge in [-0.2, -0.15) is 0 Å².